The van der Waals surface area contributed by atoms with E-state index in [1.165, 1.54) is 0 Å². The summed E-state index contributed by atoms with van der Waals surface area (Å²) in [6.07, 6.45) is 0.876. The molecule has 1 aromatic heterocycles. The van der Waals surface area contributed by atoms with E-state index < -0.39 is 0 Å². The van der Waals surface area contributed by atoms with E-state index in [1.807, 2.05) is 19.1 Å². The topological polar surface area (TPSA) is 68.3 Å². The van der Waals surface area contributed by atoms with Gasteiger partial charge >= 0.3 is 0 Å². The molecule has 2 heterocycles. The summed E-state index contributed by atoms with van der Waals surface area (Å²) in [4.78, 5) is 11.2. The predicted octanol–water partition coefficient (Wildman–Crippen LogP) is 0.630. The molecule has 1 amide bonds. The predicted molar refractivity (Wildman–Crippen MR) is 56.4 cm³/mol. The lowest BCUT2D eigenvalue weighted by atomic mass is 9.93. The van der Waals surface area contributed by atoms with Crippen molar-refractivity contribution in [1.82, 2.24) is 5.32 Å². The van der Waals surface area contributed by atoms with E-state index in [1.54, 1.807) is 0 Å². The maximum atomic E-state index is 11.2. The molecule has 1 aliphatic rings. The molecule has 0 spiro atoms. The summed E-state index contributed by atoms with van der Waals surface area (Å²) >= 11 is 0. The van der Waals surface area contributed by atoms with Crippen LogP contribution >= 0.6 is 0 Å². The van der Waals surface area contributed by atoms with Crippen LogP contribution in [0.25, 0.3) is 0 Å². The average Bonchev–Trinajstić information content (AvgIpc) is 2.85. The highest BCUT2D eigenvalue weighted by atomic mass is 16.3. The summed E-state index contributed by atoms with van der Waals surface area (Å²) in [6.45, 7) is 3.47. The number of rotatable bonds is 3. The van der Waals surface area contributed by atoms with E-state index in [0.717, 1.165) is 24.5 Å². The fraction of sp³-hybridized carbons (Fsp3) is 0.545. The molecule has 1 aliphatic heterocycles. The molecular formula is C11H16N2O2. The average molecular weight is 208 g/mol. The Morgan fingerprint density at radius 1 is 1.60 bits per heavy atom. The Hall–Kier alpha value is -1.29. The van der Waals surface area contributed by atoms with Gasteiger partial charge in [-0.3, -0.25) is 4.79 Å². The first-order chi connectivity index (χ1) is 7.22. The molecule has 0 saturated carbocycles. The van der Waals surface area contributed by atoms with E-state index in [2.05, 4.69) is 5.32 Å². The van der Waals surface area contributed by atoms with Crippen LogP contribution in [0.4, 0.5) is 0 Å². The summed E-state index contributed by atoms with van der Waals surface area (Å²) in [7, 11) is 0. The summed E-state index contributed by atoms with van der Waals surface area (Å²) < 4.78 is 5.65. The van der Waals surface area contributed by atoms with Crippen LogP contribution in [0.3, 0.4) is 0 Å². The number of nitrogens with one attached hydrogen (secondary N) is 1. The van der Waals surface area contributed by atoms with Gasteiger partial charge in [-0.2, -0.15) is 0 Å². The second kappa shape index (κ2) is 4.06. The van der Waals surface area contributed by atoms with Gasteiger partial charge in [0, 0.05) is 25.4 Å². The Labute approximate surface area is 88.8 Å². The lowest BCUT2D eigenvalue weighted by Gasteiger charge is -2.12. The molecule has 1 aromatic rings. The summed E-state index contributed by atoms with van der Waals surface area (Å²) in [5.74, 6) is 1.55. The molecule has 2 atom stereocenters. The smallest absolute Gasteiger partial charge is 0.222 e. The van der Waals surface area contributed by atoms with Gasteiger partial charge < -0.3 is 15.5 Å². The van der Waals surface area contributed by atoms with Crippen LogP contribution < -0.4 is 11.1 Å². The molecule has 0 bridgehead atoms. The van der Waals surface area contributed by atoms with Crippen LogP contribution in [0.5, 0.6) is 0 Å². The minimum absolute atomic E-state index is 0.0998. The third-order valence-corrected chi connectivity index (χ3v) is 2.98. The van der Waals surface area contributed by atoms with Crippen molar-refractivity contribution in [1.29, 1.82) is 0 Å². The van der Waals surface area contributed by atoms with Gasteiger partial charge in [-0.25, -0.2) is 0 Å². The monoisotopic (exact) mass is 208 g/mol. The van der Waals surface area contributed by atoms with Crippen LogP contribution in [-0.2, 0) is 11.2 Å². The number of primary amides is 1. The minimum Gasteiger partial charge on any atom is -0.466 e. The normalized spacial score (nSPS) is 25.7. The van der Waals surface area contributed by atoms with Crippen molar-refractivity contribution in [2.45, 2.75) is 19.3 Å². The molecule has 1 saturated heterocycles. The highest BCUT2D eigenvalue weighted by Crippen LogP contribution is 2.29. The molecule has 2 unspecified atom stereocenters. The van der Waals surface area contributed by atoms with Crippen LogP contribution in [0, 0.1) is 5.92 Å². The number of aryl methyl sites for hydroxylation is 1. The van der Waals surface area contributed by atoms with Gasteiger partial charge in [-0.05, 0) is 12.1 Å². The summed E-state index contributed by atoms with van der Waals surface area (Å²) in [5.41, 5.74) is 5.34. The molecule has 15 heavy (non-hydrogen) atoms. The highest BCUT2D eigenvalue weighted by molar-refractivity contribution is 5.78. The Balaban J connectivity index is 2.18. The van der Waals surface area contributed by atoms with E-state index in [0.29, 0.717) is 6.54 Å². The van der Waals surface area contributed by atoms with Crippen LogP contribution in [0.2, 0.25) is 0 Å². The largest absolute Gasteiger partial charge is 0.466 e. The van der Waals surface area contributed by atoms with E-state index in [4.69, 9.17) is 10.2 Å². The summed E-state index contributed by atoms with van der Waals surface area (Å²) in [5, 5.41) is 3.17. The Kier molecular flexibility index (Phi) is 2.77. The molecule has 2 rings (SSSR count). The van der Waals surface area contributed by atoms with Gasteiger partial charge in [-0.15, -0.1) is 0 Å². The van der Waals surface area contributed by atoms with Crippen molar-refractivity contribution in [2.24, 2.45) is 11.7 Å². The molecule has 4 heteroatoms. The SMILES string of the molecule is CCc1ccc(C2CNCC2C(N)=O)o1. The van der Waals surface area contributed by atoms with Crippen molar-refractivity contribution in [3.05, 3.63) is 23.7 Å². The number of carbonyl (C=O) groups excluding carboxylic acids is 1. The number of nitrogens with two attached hydrogens (primary N) is 1. The van der Waals surface area contributed by atoms with Crippen LogP contribution in [-0.4, -0.2) is 19.0 Å². The molecule has 0 aliphatic carbocycles. The van der Waals surface area contributed by atoms with Crippen molar-refractivity contribution >= 4 is 5.91 Å². The lowest BCUT2D eigenvalue weighted by Crippen LogP contribution is -2.28. The van der Waals surface area contributed by atoms with Gasteiger partial charge in [0.1, 0.15) is 11.5 Å². The van der Waals surface area contributed by atoms with Crippen LogP contribution in [0.1, 0.15) is 24.4 Å². The van der Waals surface area contributed by atoms with E-state index in [9.17, 15) is 4.79 Å². The Morgan fingerprint density at radius 3 is 3.00 bits per heavy atom. The Bertz CT molecular complexity index is 359. The number of carbonyl (C=O) groups is 1. The van der Waals surface area contributed by atoms with Crippen molar-refractivity contribution in [2.75, 3.05) is 13.1 Å². The first-order valence-electron chi connectivity index (χ1n) is 5.31. The molecule has 3 N–H and O–H groups in total. The first kappa shape index (κ1) is 10.2. The molecular weight excluding hydrogens is 192 g/mol. The molecule has 82 valence electrons. The van der Waals surface area contributed by atoms with Crippen LogP contribution in [0.15, 0.2) is 16.5 Å². The first-order valence-corrected chi connectivity index (χ1v) is 5.31. The molecule has 4 nitrogen and oxygen atoms in total. The lowest BCUT2D eigenvalue weighted by molar-refractivity contribution is -0.121. The maximum absolute atomic E-state index is 11.2. The summed E-state index contributed by atoms with van der Waals surface area (Å²) in [6, 6.07) is 3.91. The fourth-order valence-corrected chi connectivity index (χ4v) is 2.06. The van der Waals surface area contributed by atoms with E-state index in [-0.39, 0.29) is 17.7 Å². The molecule has 1 fully saturated rings. The standard InChI is InChI=1S/C11H16N2O2/c1-2-7-3-4-10(15-7)8-5-13-6-9(8)11(12)14/h3-4,8-9,13H,2,5-6H2,1H3,(H2,12,14). The number of furan rings is 1. The highest BCUT2D eigenvalue weighted by Gasteiger charge is 2.34. The van der Waals surface area contributed by atoms with Gasteiger partial charge in [0.25, 0.3) is 0 Å². The fourth-order valence-electron chi connectivity index (χ4n) is 2.06. The quantitative estimate of drug-likeness (QED) is 0.765. The van der Waals surface area contributed by atoms with Gasteiger partial charge in [0.15, 0.2) is 0 Å². The van der Waals surface area contributed by atoms with Crippen molar-refractivity contribution in [3.8, 4) is 0 Å². The molecule has 0 aromatic carbocycles. The maximum Gasteiger partial charge on any atom is 0.222 e. The minimum atomic E-state index is -0.251. The van der Waals surface area contributed by atoms with Gasteiger partial charge in [0.05, 0.1) is 5.92 Å². The zero-order valence-corrected chi connectivity index (χ0v) is 8.82. The zero-order valence-electron chi connectivity index (χ0n) is 8.82. The third-order valence-electron chi connectivity index (χ3n) is 2.98. The van der Waals surface area contributed by atoms with Gasteiger partial charge in [-0.1, -0.05) is 6.92 Å². The van der Waals surface area contributed by atoms with Crippen molar-refractivity contribution < 1.29 is 9.21 Å². The number of amides is 1. The second-order valence-corrected chi connectivity index (χ2v) is 3.93. The van der Waals surface area contributed by atoms with Crippen molar-refractivity contribution in [3.63, 3.8) is 0 Å². The Morgan fingerprint density at radius 2 is 2.40 bits per heavy atom. The van der Waals surface area contributed by atoms with Gasteiger partial charge in [0.2, 0.25) is 5.91 Å². The van der Waals surface area contributed by atoms with E-state index >= 15 is 0 Å². The number of hydrogen-bond acceptors (Lipinski definition) is 3. The zero-order chi connectivity index (χ0) is 10.8. The third kappa shape index (κ3) is 1.90. The number of hydrogen-bond donors (Lipinski definition) is 2. The molecule has 0 radical (unpaired) electrons. The second-order valence-electron chi connectivity index (χ2n) is 3.93.